The lowest BCUT2D eigenvalue weighted by Gasteiger charge is -2.00. The van der Waals surface area contributed by atoms with Crippen molar-refractivity contribution in [2.75, 3.05) is 0 Å². The molecule has 0 saturated carbocycles. The number of halogens is 2. The number of para-hydroxylation sites is 1. The van der Waals surface area contributed by atoms with Gasteiger partial charge in [-0.1, -0.05) is 17.7 Å². The van der Waals surface area contributed by atoms with E-state index in [1.54, 1.807) is 18.2 Å². The van der Waals surface area contributed by atoms with E-state index in [-0.39, 0.29) is 11.4 Å². The molecule has 0 unspecified atom stereocenters. The van der Waals surface area contributed by atoms with Gasteiger partial charge in [0.15, 0.2) is 0 Å². The molecule has 14 heavy (non-hydrogen) atoms. The number of hydrogen-bond donors (Lipinski definition) is 1. The molecule has 5 heteroatoms. The first kappa shape index (κ1) is 9.49. The normalized spacial score (nSPS) is 10.7. The van der Waals surface area contributed by atoms with E-state index in [0.29, 0.717) is 21.7 Å². The van der Waals surface area contributed by atoms with Crippen molar-refractivity contribution in [3.8, 4) is 0 Å². The summed E-state index contributed by atoms with van der Waals surface area (Å²) in [5.41, 5.74) is 0.279. The lowest BCUT2D eigenvalue weighted by Crippen LogP contribution is -2.10. The largest absolute Gasteiger partial charge is 0.309 e. The molecule has 72 valence electrons. The van der Waals surface area contributed by atoms with Crippen LogP contribution < -0.4 is 5.56 Å². The summed E-state index contributed by atoms with van der Waals surface area (Å²) in [5, 5.41) is 0.936. The predicted molar refractivity (Wildman–Crippen MR) is 56.9 cm³/mol. The number of nitrogens with one attached hydrogen (secondary N) is 1. The van der Waals surface area contributed by atoms with Crippen LogP contribution in [0.3, 0.4) is 0 Å². The van der Waals surface area contributed by atoms with Crippen molar-refractivity contribution in [3.63, 3.8) is 0 Å². The summed E-state index contributed by atoms with van der Waals surface area (Å²) in [6.45, 7) is 0. The standard InChI is InChI=1S/C9H6Cl2N2O/c10-4-7-12-8-5(9(14)13-7)2-1-3-6(8)11/h1-3H,4H2,(H,12,13,14). The van der Waals surface area contributed by atoms with E-state index < -0.39 is 0 Å². The van der Waals surface area contributed by atoms with Gasteiger partial charge in [0, 0.05) is 0 Å². The van der Waals surface area contributed by atoms with Gasteiger partial charge in [-0.2, -0.15) is 0 Å². The first-order chi connectivity index (χ1) is 6.72. The van der Waals surface area contributed by atoms with E-state index in [0.717, 1.165) is 0 Å². The van der Waals surface area contributed by atoms with Gasteiger partial charge in [-0.15, -0.1) is 11.6 Å². The fraction of sp³-hybridized carbons (Fsp3) is 0.111. The second kappa shape index (κ2) is 3.59. The van der Waals surface area contributed by atoms with Gasteiger partial charge in [-0.3, -0.25) is 4.79 Å². The predicted octanol–water partition coefficient (Wildman–Crippen LogP) is 2.32. The molecular formula is C9H6Cl2N2O. The van der Waals surface area contributed by atoms with Gasteiger partial charge in [0.05, 0.1) is 21.8 Å². The lowest BCUT2D eigenvalue weighted by molar-refractivity contribution is 1.04. The van der Waals surface area contributed by atoms with Crippen molar-refractivity contribution in [1.82, 2.24) is 9.97 Å². The van der Waals surface area contributed by atoms with Gasteiger partial charge in [0.1, 0.15) is 5.82 Å². The Morgan fingerprint density at radius 2 is 2.21 bits per heavy atom. The molecule has 2 aromatic rings. The Kier molecular flexibility index (Phi) is 2.44. The Labute approximate surface area is 89.7 Å². The van der Waals surface area contributed by atoms with Gasteiger partial charge in [-0.25, -0.2) is 4.98 Å². The Balaban J connectivity index is 2.91. The second-order valence-electron chi connectivity index (χ2n) is 2.78. The number of aromatic amines is 1. The molecule has 0 spiro atoms. The summed E-state index contributed by atoms with van der Waals surface area (Å²) < 4.78 is 0. The monoisotopic (exact) mass is 228 g/mol. The Morgan fingerprint density at radius 1 is 1.43 bits per heavy atom. The molecule has 1 heterocycles. The quantitative estimate of drug-likeness (QED) is 0.762. The molecule has 0 saturated heterocycles. The first-order valence-corrected chi connectivity index (χ1v) is 4.87. The third-order valence-electron chi connectivity index (χ3n) is 1.86. The fourth-order valence-electron chi connectivity index (χ4n) is 1.24. The minimum atomic E-state index is -0.215. The number of aromatic nitrogens is 2. The van der Waals surface area contributed by atoms with E-state index >= 15 is 0 Å². The van der Waals surface area contributed by atoms with Gasteiger partial charge >= 0.3 is 0 Å². The molecule has 0 aliphatic rings. The van der Waals surface area contributed by atoms with E-state index in [1.807, 2.05) is 0 Å². The average molecular weight is 229 g/mol. The van der Waals surface area contributed by atoms with Crippen LogP contribution in [-0.2, 0) is 5.88 Å². The van der Waals surface area contributed by atoms with E-state index in [4.69, 9.17) is 23.2 Å². The Morgan fingerprint density at radius 3 is 2.93 bits per heavy atom. The van der Waals surface area contributed by atoms with Crippen LogP contribution in [0.5, 0.6) is 0 Å². The maximum Gasteiger partial charge on any atom is 0.258 e. The third kappa shape index (κ3) is 1.49. The van der Waals surface area contributed by atoms with Gasteiger partial charge in [0.2, 0.25) is 0 Å². The van der Waals surface area contributed by atoms with Crippen LogP contribution in [0.25, 0.3) is 10.9 Å². The van der Waals surface area contributed by atoms with Gasteiger partial charge in [-0.05, 0) is 12.1 Å². The Bertz CT molecular complexity index is 536. The summed E-state index contributed by atoms with van der Waals surface area (Å²) in [6, 6.07) is 5.07. The van der Waals surface area contributed by atoms with Crippen LogP contribution >= 0.6 is 23.2 Å². The van der Waals surface area contributed by atoms with Crippen molar-refractivity contribution in [3.05, 3.63) is 39.4 Å². The number of fused-ring (bicyclic) bond motifs is 1. The van der Waals surface area contributed by atoms with Crippen molar-refractivity contribution in [2.45, 2.75) is 5.88 Å². The van der Waals surface area contributed by atoms with Crippen LogP contribution in [0.2, 0.25) is 5.02 Å². The molecule has 1 N–H and O–H groups in total. The zero-order valence-electron chi connectivity index (χ0n) is 7.05. The SMILES string of the molecule is O=c1[nH]c(CCl)nc2c(Cl)cccc12. The number of rotatable bonds is 1. The molecule has 0 aliphatic heterocycles. The van der Waals surface area contributed by atoms with Crippen molar-refractivity contribution < 1.29 is 0 Å². The molecule has 3 nitrogen and oxygen atoms in total. The molecular weight excluding hydrogens is 223 g/mol. The molecule has 0 fully saturated rings. The van der Waals surface area contributed by atoms with Crippen LogP contribution in [0.1, 0.15) is 5.82 Å². The van der Waals surface area contributed by atoms with Gasteiger partial charge in [0.25, 0.3) is 5.56 Å². The molecule has 0 aliphatic carbocycles. The van der Waals surface area contributed by atoms with Gasteiger partial charge < -0.3 is 4.98 Å². The molecule has 0 bridgehead atoms. The summed E-state index contributed by atoms with van der Waals surface area (Å²) in [5.74, 6) is 0.591. The zero-order valence-corrected chi connectivity index (χ0v) is 8.56. The molecule has 0 amide bonds. The maximum atomic E-state index is 11.5. The zero-order chi connectivity index (χ0) is 10.1. The second-order valence-corrected chi connectivity index (χ2v) is 3.46. The summed E-state index contributed by atoms with van der Waals surface area (Å²) in [6.07, 6.45) is 0. The average Bonchev–Trinajstić information content (AvgIpc) is 2.19. The van der Waals surface area contributed by atoms with E-state index in [2.05, 4.69) is 9.97 Å². The van der Waals surface area contributed by atoms with Crippen molar-refractivity contribution in [1.29, 1.82) is 0 Å². The van der Waals surface area contributed by atoms with Crippen LogP contribution in [0, 0.1) is 0 Å². The number of alkyl halides is 1. The number of benzene rings is 1. The number of nitrogens with zero attached hydrogens (tertiary/aromatic N) is 1. The highest BCUT2D eigenvalue weighted by atomic mass is 35.5. The number of hydrogen-bond acceptors (Lipinski definition) is 2. The highest BCUT2D eigenvalue weighted by molar-refractivity contribution is 6.35. The molecule has 0 atom stereocenters. The third-order valence-corrected chi connectivity index (χ3v) is 2.42. The van der Waals surface area contributed by atoms with Crippen LogP contribution in [-0.4, -0.2) is 9.97 Å². The lowest BCUT2D eigenvalue weighted by atomic mass is 10.2. The van der Waals surface area contributed by atoms with Crippen molar-refractivity contribution in [2.24, 2.45) is 0 Å². The van der Waals surface area contributed by atoms with E-state index in [1.165, 1.54) is 0 Å². The van der Waals surface area contributed by atoms with E-state index in [9.17, 15) is 4.79 Å². The number of H-pyrrole nitrogens is 1. The minimum absolute atomic E-state index is 0.163. The minimum Gasteiger partial charge on any atom is -0.309 e. The van der Waals surface area contributed by atoms with Crippen LogP contribution in [0.4, 0.5) is 0 Å². The fourth-order valence-corrected chi connectivity index (χ4v) is 1.58. The highest BCUT2D eigenvalue weighted by Gasteiger charge is 2.05. The summed E-state index contributed by atoms with van der Waals surface area (Å²) >= 11 is 11.5. The summed E-state index contributed by atoms with van der Waals surface area (Å²) in [4.78, 5) is 18.2. The van der Waals surface area contributed by atoms with Crippen LogP contribution in [0.15, 0.2) is 23.0 Å². The maximum absolute atomic E-state index is 11.5. The highest BCUT2D eigenvalue weighted by Crippen LogP contribution is 2.18. The summed E-state index contributed by atoms with van der Waals surface area (Å²) in [7, 11) is 0. The molecule has 1 aromatic carbocycles. The Hall–Kier alpha value is -1.06. The van der Waals surface area contributed by atoms with Crippen molar-refractivity contribution >= 4 is 34.1 Å². The molecule has 0 radical (unpaired) electrons. The molecule has 1 aromatic heterocycles. The topological polar surface area (TPSA) is 45.8 Å². The molecule has 2 rings (SSSR count). The first-order valence-electron chi connectivity index (χ1n) is 3.96. The smallest absolute Gasteiger partial charge is 0.258 e.